The first-order valence-electron chi connectivity index (χ1n) is 34.9. The van der Waals surface area contributed by atoms with Gasteiger partial charge in [0.1, 0.15) is 73.2 Å². The van der Waals surface area contributed by atoms with Crippen LogP contribution in [0.4, 0.5) is 0 Å². The van der Waals surface area contributed by atoms with Crippen LogP contribution in [0.2, 0.25) is 0 Å². The van der Waals surface area contributed by atoms with Crippen molar-refractivity contribution in [1.82, 2.24) is 5.32 Å². The highest BCUT2D eigenvalue weighted by molar-refractivity contribution is 5.76. The molecule has 0 bridgehead atoms. The Kier molecular flexibility index (Phi) is 45.9. The van der Waals surface area contributed by atoms with Gasteiger partial charge in [0, 0.05) is 6.42 Å². The van der Waals surface area contributed by atoms with Crippen molar-refractivity contribution < 1.29 is 89.4 Å². The van der Waals surface area contributed by atoms with E-state index in [0.717, 1.165) is 44.9 Å². The third-order valence-electron chi connectivity index (χ3n) is 17.8. The summed E-state index contributed by atoms with van der Waals surface area (Å²) in [6.07, 6.45) is 27.9. The number of nitrogens with one attached hydrogen (secondary N) is 1. The predicted octanol–water partition coefficient (Wildman–Crippen LogP) is 8.89. The molecule has 17 unspecified atom stereocenters. The summed E-state index contributed by atoms with van der Waals surface area (Å²) in [4.78, 5) is 13.3. The van der Waals surface area contributed by atoms with Crippen molar-refractivity contribution in [3.05, 3.63) is 12.2 Å². The molecule has 86 heavy (non-hydrogen) atoms. The Hall–Kier alpha value is -1.47. The van der Waals surface area contributed by atoms with Crippen molar-refractivity contribution in [3.63, 3.8) is 0 Å². The fourth-order valence-electron chi connectivity index (χ4n) is 12.1. The lowest BCUT2D eigenvalue weighted by Gasteiger charge is -2.48. The van der Waals surface area contributed by atoms with Crippen molar-refractivity contribution in [2.75, 3.05) is 26.4 Å². The number of carbonyl (C=O) groups excluding carboxylic acids is 1. The summed E-state index contributed by atoms with van der Waals surface area (Å²) in [6.45, 7) is 1.74. The second kappa shape index (κ2) is 50.1. The van der Waals surface area contributed by atoms with Gasteiger partial charge in [0.15, 0.2) is 18.9 Å². The van der Waals surface area contributed by atoms with Crippen LogP contribution in [0.15, 0.2) is 12.2 Å². The van der Waals surface area contributed by atoms with Gasteiger partial charge in [0.25, 0.3) is 0 Å². The number of aliphatic hydroxyl groups excluding tert-OH is 11. The van der Waals surface area contributed by atoms with Crippen LogP contribution in [0.5, 0.6) is 0 Å². The molecule has 17 atom stereocenters. The summed E-state index contributed by atoms with van der Waals surface area (Å²) in [5.41, 5.74) is 0. The van der Waals surface area contributed by atoms with E-state index in [-0.39, 0.29) is 18.9 Å². The van der Waals surface area contributed by atoms with E-state index >= 15 is 0 Å². The van der Waals surface area contributed by atoms with E-state index in [2.05, 4.69) is 19.2 Å². The zero-order valence-corrected chi connectivity index (χ0v) is 53.6. The minimum absolute atomic E-state index is 0.248. The van der Waals surface area contributed by atoms with E-state index in [9.17, 15) is 61.0 Å². The molecular formula is C67H127NO18. The maximum Gasteiger partial charge on any atom is 0.220 e. The Labute approximate surface area is 518 Å². The van der Waals surface area contributed by atoms with E-state index in [1.807, 2.05) is 6.08 Å². The van der Waals surface area contributed by atoms with Gasteiger partial charge in [0.2, 0.25) is 5.91 Å². The molecule has 0 aromatic rings. The van der Waals surface area contributed by atoms with Crippen LogP contribution in [-0.2, 0) is 33.2 Å². The topological polar surface area (TPSA) is 307 Å². The Bertz CT molecular complexity index is 1620. The summed E-state index contributed by atoms with van der Waals surface area (Å²) < 4.78 is 34.3. The molecule has 3 saturated heterocycles. The van der Waals surface area contributed by atoms with Crippen LogP contribution >= 0.6 is 0 Å². The highest BCUT2D eigenvalue weighted by Crippen LogP contribution is 2.33. The van der Waals surface area contributed by atoms with E-state index in [4.69, 9.17) is 28.4 Å². The number of aliphatic hydroxyl groups is 11. The molecule has 0 aromatic carbocycles. The summed E-state index contributed by atoms with van der Waals surface area (Å²) in [5.74, 6) is -0.273. The second-order valence-corrected chi connectivity index (χ2v) is 25.4. The zero-order valence-electron chi connectivity index (χ0n) is 53.6. The lowest BCUT2D eigenvalue weighted by atomic mass is 9.96. The fourth-order valence-corrected chi connectivity index (χ4v) is 12.1. The van der Waals surface area contributed by atoms with E-state index in [1.54, 1.807) is 6.08 Å². The van der Waals surface area contributed by atoms with Gasteiger partial charge in [-0.2, -0.15) is 0 Å². The molecule has 19 heteroatoms. The molecule has 3 rings (SSSR count). The first kappa shape index (κ1) is 78.8. The molecule has 19 nitrogen and oxygen atoms in total. The van der Waals surface area contributed by atoms with Gasteiger partial charge in [-0.15, -0.1) is 0 Å². The molecule has 0 aromatic heterocycles. The maximum absolute atomic E-state index is 13.3. The number of allylic oxidation sites excluding steroid dienone is 1. The monoisotopic (exact) mass is 1230 g/mol. The molecule has 0 spiro atoms. The number of rotatable bonds is 54. The summed E-state index contributed by atoms with van der Waals surface area (Å²) in [7, 11) is 0. The Morgan fingerprint density at radius 3 is 1.09 bits per heavy atom. The quantitative estimate of drug-likeness (QED) is 0.0200. The summed E-state index contributed by atoms with van der Waals surface area (Å²) in [6, 6.07) is -0.967. The van der Waals surface area contributed by atoms with Crippen LogP contribution < -0.4 is 5.32 Å². The number of hydrogen-bond donors (Lipinski definition) is 12. The third kappa shape index (κ3) is 32.2. The van der Waals surface area contributed by atoms with Gasteiger partial charge in [-0.05, 0) is 19.3 Å². The molecule has 508 valence electrons. The third-order valence-corrected chi connectivity index (χ3v) is 17.8. The standard InChI is InChI=1S/C67H127NO18/c1-3-5-7-9-11-13-15-16-17-18-19-20-21-22-23-24-25-26-27-28-29-30-31-32-33-35-36-38-40-42-44-51(72)50(68-55(73)45-43-41-39-37-34-14-12-10-8-6-4-2)49-81-65-61(79)58(76)63(53(47-70)83-65)86-67-62(80)59(77)64(54(48-71)84-67)85-66-60(78)57(75)56(74)52(46-69)82-66/h42,44,50-54,56-67,69-72,74-80H,3-41,43,45-49H2,1-2H3,(H,68,73)/b44-42+. The number of carbonyl (C=O) groups is 1. The van der Waals surface area contributed by atoms with Crippen LogP contribution in [0.1, 0.15) is 277 Å². The highest BCUT2D eigenvalue weighted by Gasteiger charge is 2.53. The van der Waals surface area contributed by atoms with E-state index in [0.29, 0.717) is 6.42 Å². The fraction of sp³-hybridized carbons (Fsp3) is 0.955. The summed E-state index contributed by atoms with van der Waals surface area (Å²) in [5, 5.41) is 120. The minimum atomic E-state index is -1.97. The van der Waals surface area contributed by atoms with E-state index in [1.165, 1.54) is 205 Å². The molecule has 3 fully saturated rings. The molecule has 3 aliphatic rings. The van der Waals surface area contributed by atoms with Crippen LogP contribution in [0.25, 0.3) is 0 Å². The minimum Gasteiger partial charge on any atom is -0.394 e. The lowest BCUT2D eigenvalue weighted by molar-refractivity contribution is -0.379. The van der Waals surface area contributed by atoms with Crippen LogP contribution in [0, 0.1) is 0 Å². The Balaban J connectivity index is 1.38. The van der Waals surface area contributed by atoms with Crippen LogP contribution in [0.3, 0.4) is 0 Å². The van der Waals surface area contributed by atoms with Gasteiger partial charge < -0.3 is 89.9 Å². The van der Waals surface area contributed by atoms with E-state index < -0.39 is 124 Å². The van der Waals surface area contributed by atoms with Crippen molar-refractivity contribution in [2.24, 2.45) is 0 Å². The van der Waals surface area contributed by atoms with Crippen molar-refractivity contribution in [1.29, 1.82) is 0 Å². The largest absolute Gasteiger partial charge is 0.394 e. The Morgan fingerprint density at radius 1 is 0.407 bits per heavy atom. The molecule has 12 N–H and O–H groups in total. The predicted molar refractivity (Wildman–Crippen MR) is 333 cm³/mol. The van der Waals surface area contributed by atoms with Gasteiger partial charge in [-0.25, -0.2) is 0 Å². The van der Waals surface area contributed by atoms with Crippen LogP contribution in [-0.4, -0.2) is 193 Å². The molecule has 3 aliphatic heterocycles. The molecule has 3 heterocycles. The van der Waals surface area contributed by atoms with Gasteiger partial charge in [-0.3, -0.25) is 4.79 Å². The number of amides is 1. The Morgan fingerprint density at radius 2 is 0.721 bits per heavy atom. The maximum atomic E-state index is 13.3. The molecule has 1 amide bonds. The molecule has 0 aliphatic carbocycles. The first-order chi connectivity index (χ1) is 41.8. The zero-order chi connectivity index (χ0) is 62.6. The SMILES string of the molecule is CCCCCCCCCCCCCCCCCCCCCCCCCCCCCC/C=C/C(O)C(COC1OC(CO)C(OC2OC(CO)C(OC3OC(CO)C(O)C(O)C3O)C(O)C2O)C(O)C1O)NC(=O)CCCCCCCCCCCCC. The average molecular weight is 1230 g/mol. The van der Waals surface area contributed by atoms with Gasteiger partial charge in [-0.1, -0.05) is 264 Å². The molecular weight excluding hydrogens is 1110 g/mol. The number of ether oxygens (including phenoxy) is 6. The van der Waals surface area contributed by atoms with Gasteiger partial charge in [0.05, 0.1) is 38.6 Å². The molecule has 0 radical (unpaired) electrons. The average Bonchev–Trinajstić information content (AvgIpc) is 1.58. The normalized spacial score (nSPS) is 28.8. The highest BCUT2D eigenvalue weighted by atomic mass is 16.8. The first-order valence-corrected chi connectivity index (χ1v) is 34.9. The number of unbranched alkanes of at least 4 members (excludes halogenated alkanes) is 38. The smallest absolute Gasteiger partial charge is 0.220 e. The molecule has 0 saturated carbocycles. The van der Waals surface area contributed by atoms with Gasteiger partial charge >= 0.3 is 0 Å². The van der Waals surface area contributed by atoms with Crippen molar-refractivity contribution in [3.8, 4) is 0 Å². The summed E-state index contributed by atoms with van der Waals surface area (Å²) >= 11 is 0. The number of hydrogen-bond acceptors (Lipinski definition) is 18. The second-order valence-electron chi connectivity index (χ2n) is 25.4. The van der Waals surface area contributed by atoms with Crippen molar-refractivity contribution in [2.45, 2.75) is 381 Å². The van der Waals surface area contributed by atoms with Crippen molar-refractivity contribution >= 4 is 5.91 Å². The lowest BCUT2D eigenvalue weighted by Crippen LogP contribution is -2.66.